The second-order valence-corrected chi connectivity index (χ2v) is 4.45. The van der Waals surface area contributed by atoms with Crippen molar-refractivity contribution in [1.82, 2.24) is 9.97 Å². The van der Waals surface area contributed by atoms with E-state index in [0.29, 0.717) is 22.3 Å². The van der Waals surface area contributed by atoms with Gasteiger partial charge < -0.3 is 11.1 Å². The molecule has 0 aliphatic carbocycles. The van der Waals surface area contributed by atoms with Crippen molar-refractivity contribution in [3.63, 3.8) is 0 Å². The maximum Gasteiger partial charge on any atom is 0.255 e. The number of fused-ring (bicyclic) bond motifs is 1. The summed E-state index contributed by atoms with van der Waals surface area (Å²) in [5.74, 6) is -0.927. The standard InChI is InChI=1S/C15H11FN4O/c16-11-8-10(2-3-12(11)17)20-15(21)9-1-4-13-14(7-9)19-6-5-18-13/h1-8H,17H2,(H,20,21). The van der Waals surface area contributed by atoms with Crippen LogP contribution < -0.4 is 11.1 Å². The summed E-state index contributed by atoms with van der Waals surface area (Å²) in [6.45, 7) is 0. The largest absolute Gasteiger partial charge is 0.396 e. The molecule has 1 amide bonds. The van der Waals surface area contributed by atoms with E-state index in [-0.39, 0.29) is 11.6 Å². The van der Waals surface area contributed by atoms with Gasteiger partial charge in [-0.3, -0.25) is 14.8 Å². The zero-order valence-electron chi connectivity index (χ0n) is 10.9. The van der Waals surface area contributed by atoms with Gasteiger partial charge in [0.05, 0.1) is 16.7 Å². The highest BCUT2D eigenvalue weighted by Gasteiger charge is 2.09. The van der Waals surface area contributed by atoms with E-state index in [2.05, 4.69) is 15.3 Å². The van der Waals surface area contributed by atoms with Gasteiger partial charge in [-0.1, -0.05) is 0 Å². The summed E-state index contributed by atoms with van der Waals surface area (Å²) < 4.78 is 13.3. The Bertz CT molecular complexity index is 835. The predicted octanol–water partition coefficient (Wildman–Crippen LogP) is 2.60. The van der Waals surface area contributed by atoms with Crippen LogP contribution in [-0.2, 0) is 0 Å². The summed E-state index contributed by atoms with van der Waals surface area (Å²) in [5.41, 5.74) is 7.50. The third-order valence-electron chi connectivity index (χ3n) is 2.99. The average molecular weight is 282 g/mol. The minimum atomic E-state index is -0.572. The van der Waals surface area contributed by atoms with Crippen LogP contribution in [0.25, 0.3) is 11.0 Å². The maximum atomic E-state index is 13.3. The van der Waals surface area contributed by atoms with Crippen molar-refractivity contribution in [3.05, 3.63) is 60.2 Å². The number of nitrogens with zero attached hydrogens (tertiary/aromatic N) is 2. The first kappa shape index (κ1) is 13.0. The monoisotopic (exact) mass is 282 g/mol. The van der Waals surface area contributed by atoms with E-state index in [4.69, 9.17) is 5.73 Å². The number of rotatable bonds is 2. The number of aromatic nitrogens is 2. The lowest BCUT2D eigenvalue weighted by molar-refractivity contribution is 0.102. The van der Waals surface area contributed by atoms with Crippen LogP contribution in [0.2, 0.25) is 0 Å². The Balaban J connectivity index is 1.87. The molecule has 0 radical (unpaired) electrons. The molecule has 6 heteroatoms. The lowest BCUT2D eigenvalue weighted by Crippen LogP contribution is -2.12. The van der Waals surface area contributed by atoms with Gasteiger partial charge in [0.2, 0.25) is 0 Å². The van der Waals surface area contributed by atoms with Crippen LogP contribution in [0.4, 0.5) is 15.8 Å². The number of anilines is 2. The molecule has 0 bridgehead atoms. The molecule has 0 saturated heterocycles. The van der Waals surface area contributed by atoms with E-state index in [1.54, 1.807) is 30.6 Å². The number of nitrogens with two attached hydrogens (primary N) is 1. The molecule has 0 aliphatic rings. The average Bonchev–Trinajstić information content (AvgIpc) is 2.50. The number of nitrogen functional groups attached to an aromatic ring is 1. The number of nitrogens with one attached hydrogen (secondary N) is 1. The highest BCUT2D eigenvalue weighted by atomic mass is 19.1. The van der Waals surface area contributed by atoms with E-state index in [1.165, 1.54) is 18.2 Å². The zero-order chi connectivity index (χ0) is 14.8. The zero-order valence-corrected chi connectivity index (χ0v) is 10.9. The van der Waals surface area contributed by atoms with Gasteiger partial charge in [-0.2, -0.15) is 0 Å². The Kier molecular flexibility index (Phi) is 3.19. The number of halogens is 1. The maximum absolute atomic E-state index is 13.3. The van der Waals surface area contributed by atoms with Gasteiger partial charge in [0.15, 0.2) is 0 Å². The van der Waals surface area contributed by atoms with Crippen molar-refractivity contribution in [1.29, 1.82) is 0 Å². The number of hydrogen-bond acceptors (Lipinski definition) is 4. The smallest absolute Gasteiger partial charge is 0.255 e. The Labute approximate surface area is 119 Å². The first-order valence-corrected chi connectivity index (χ1v) is 6.20. The van der Waals surface area contributed by atoms with Crippen molar-refractivity contribution in [2.45, 2.75) is 0 Å². The Morgan fingerprint density at radius 3 is 2.57 bits per heavy atom. The normalized spacial score (nSPS) is 10.5. The second kappa shape index (κ2) is 5.16. The van der Waals surface area contributed by atoms with Crippen molar-refractivity contribution < 1.29 is 9.18 Å². The summed E-state index contributed by atoms with van der Waals surface area (Å²) in [5, 5.41) is 2.61. The molecule has 0 aliphatic heterocycles. The van der Waals surface area contributed by atoms with Crippen LogP contribution in [0.15, 0.2) is 48.8 Å². The van der Waals surface area contributed by atoms with E-state index < -0.39 is 5.82 Å². The lowest BCUT2D eigenvalue weighted by atomic mass is 10.1. The number of carbonyl (C=O) groups excluding carboxylic acids is 1. The molecule has 3 rings (SSSR count). The molecule has 1 heterocycles. The third kappa shape index (κ3) is 2.64. The second-order valence-electron chi connectivity index (χ2n) is 4.45. The van der Waals surface area contributed by atoms with Crippen LogP contribution in [0.5, 0.6) is 0 Å². The van der Waals surface area contributed by atoms with Gasteiger partial charge in [-0.25, -0.2) is 4.39 Å². The third-order valence-corrected chi connectivity index (χ3v) is 2.99. The first-order valence-electron chi connectivity index (χ1n) is 6.20. The molecule has 21 heavy (non-hydrogen) atoms. The summed E-state index contributed by atoms with van der Waals surface area (Å²) in [4.78, 5) is 20.4. The molecule has 0 atom stereocenters. The summed E-state index contributed by atoms with van der Waals surface area (Å²) in [6.07, 6.45) is 3.14. The molecule has 0 fully saturated rings. The molecule has 1 aromatic heterocycles. The molecular weight excluding hydrogens is 271 g/mol. The van der Waals surface area contributed by atoms with Gasteiger partial charge in [0, 0.05) is 23.6 Å². The first-order chi connectivity index (χ1) is 10.1. The van der Waals surface area contributed by atoms with Crippen molar-refractivity contribution in [2.24, 2.45) is 0 Å². The van der Waals surface area contributed by atoms with Crippen molar-refractivity contribution in [3.8, 4) is 0 Å². The van der Waals surface area contributed by atoms with Gasteiger partial charge in [-0.15, -0.1) is 0 Å². The van der Waals surface area contributed by atoms with Crippen LogP contribution in [0, 0.1) is 5.82 Å². The van der Waals surface area contributed by atoms with Crippen molar-refractivity contribution >= 4 is 28.3 Å². The molecule has 104 valence electrons. The highest BCUT2D eigenvalue weighted by Crippen LogP contribution is 2.17. The highest BCUT2D eigenvalue weighted by molar-refractivity contribution is 6.05. The minimum Gasteiger partial charge on any atom is -0.396 e. The molecule has 0 saturated carbocycles. The topological polar surface area (TPSA) is 80.9 Å². The SMILES string of the molecule is Nc1ccc(NC(=O)c2ccc3nccnc3c2)cc1F. The number of hydrogen-bond donors (Lipinski definition) is 2. The van der Waals surface area contributed by atoms with Crippen LogP contribution >= 0.6 is 0 Å². The van der Waals surface area contributed by atoms with Crippen LogP contribution in [-0.4, -0.2) is 15.9 Å². The molecular formula is C15H11FN4O. The van der Waals surface area contributed by atoms with E-state index in [0.717, 1.165) is 0 Å². The fourth-order valence-electron chi connectivity index (χ4n) is 1.91. The fourth-order valence-corrected chi connectivity index (χ4v) is 1.91. The van der Waals surface area contributed by atoms with Gasteiger partial charge >= 0.3 is 0 Å². The molecule has 0 unspecified atom stereocenters. The molecule has 2 aromatic carbocycles. The fraction of sp³-hybridized carbons (Fsp3) is 0. The Morgan fingerprint density at radius 1 is 1.05 bits per heavy atom. The summed E-state index contributed by atoms with van der Waals surface area (Å²) in [7, 11) is 0. The molecule has 5 nitrogen and oxygen atoms in total. The number of benzene rings is 2. The molecule has 3 aromatic rings. The van der Waals surface area contributed by atoms with Crippen molar-refractivity contribution in [2.75, 3.05) is 11.1 Å². The Hall–Kier alpha value is -3.02. The Morgan fingerprint density at radius 2 is 1.81 bits per heavy atom. The van der Waals surface area contributed by atoms with Gasteiger partial charge in [0.25, 0.3) is 5.91 Å². The predicted molar refractivity (Wildman–Crippen MR) is 78.3 cm³/mol. The van der Waals surface area contributed by atoms with E-state index >= 15 is 0 Å². The van der Waals surface area contributed by atoms with Gasteiger partial charge in [-0.05, 0) is 36.4 Å². The quantitative estimate of drug-likeness (QED) is 0.708. The van der Waals surface area contributed by atoms with E-state index in [1.807, 2.05) is 0 Å². The van der Waals surface area contributed by atoms with Crippen LogP contribution in [0.1, 0.15) is 10.4 Å². The number of amides is 1. The minimum absolute atomic E-state index is 0.0361. The number of carbonyl (C=O) groups is 1. The van der Waals surface area contributed by atoms with Crippen LogP contribution in [0.3, 0.4) is 0 Å². The van der Waals surface area contributed by atoms with Gasteiger partial charge in [0.1, 0.15) is 5.82 Å². The summed E-state index contributed by atoms with van der Waals surface area (Å²) in [6, 6.07) is 9.09. The summed E-state index contributed by atoms with van der Waals surface area (Å²) >= 11 is 0. The lowest BCUT2D eigenvalue weighted by Gasteiger charge is -2.07. The van der Waals surface area contributed by atoms with E-state index in [9.17, 15) is 9.18 Å². The molecule has 3 N–H and O–H groups in total. The molecule has 0 spiro atoms.